The summed E-state index contributed by atoms with van der Waals surface area (Å²) in [7, 11) is 0. The molecule has 1 aromatic rings. The molecular formula is C8H12N2S. The normalized spacial score (nSPS) is 24.3. The Hall–Kier alpha value is -0.410. The van der Waals surface area contributed by atoms with Crippen molar-refractivity contribution in [2.75, 3.05) is 13.1 Å². The van der Waals surface area contributed by atoms with Crippen LogP contribution in [0.2, 0.25) is 0 Å². The van der Waals surface area contributed by atoms with Crippen LogP contribution in [0, 0.1) is 6.92 Å². The van der Waals surface area contributed by atoms with Crippen LogP contribution in [0.25, 0.3) is 0 Å². The van der Waals surface area contributed by atoms with Crippen molar-refractivity contribution in [2.24, 2.45) is 0 Å². The quantitative estimate of drug-likeness (QED) is 0.688. The third kappa shape index (κ3) is 1.44. The third-order valence-electron chi connectivity index (χ3n) is 2.12. The van der Waals surface area contributed by atoms with Gasteiger partial charge in [0.1, 0.15) is 0 Å². The Bertz CT molecular complexity index is 238. The fourth-order valence-electron chi connectivity index (χ4n) is 1.47. The van der Waals surface area contributed by atoms with Gasteiger partial charge in [0.2, 0.25) is 0 Å². The molecule has 2 rings (SSSR count). The maximum Gasteiger partial charge on any atom is 0.0897 e. The van der Waals surface area contributed by atoms with Crippen molar-refractivity contribution >= 4 is 11.3 Å². The maximum absolute atomic E-state index is 4.47. The van der Waals surface area contributed by atoms with Crippen LogP contribution < -0.4 is 5.32 Å². The standard InChI is InChI=1S/C8H12N2S/c1-6-10-8(5-11-6)7-2-3-9-4-7/h5,7,9H,2-4H2,1H3/t7-/m1/s1. The van der Waals surface area contributed by atoms with Crippen LogP contribution in [-0.2, 0) is 0 Å². The Balaban J connectivity index is 2.15. The summed E-state index contributed by atoms with van der Waals surface area (Å²) in [4.78, 5) is 4.47. The van der Waals surface area contributed by atoms with E-state index in [2.05, 4.69) is 22.6 Å². The summed E-state index contributed by atoms with van der Waals surface area (Å²) in [5.74, 6) is 0.681. The van der Waals surface area contributed by atoms with Crippen LogP contribution in [0.3, 0.4) is 0 Å². The zero-order chi connectivity index (χ0) is 7.68. The minimum Gasteiger partial charge on any atom is -0.316 e. The third-order valence-corrected chi connectivity index (χ3v) is 2.91. The van der Waals surface area contributed by atoms with Crippen molar-refractivity contribution in [3.05, 3.63) is 16.1 Å². The first-order valence-corrected chi connectivity index (χ1v) is 4.87. The highest BCUT2D eigenvalue weighted by atomic mass is 32.1. The molecule has 0 spiro atoms. The number of rotatable bonds is 1. The van der Waals surface area contributed by atoms with Crippen molar-refractivity contribution in [3.8, 4) is 0 Å². The van der Waals surface area contributed by atoms with E-state index in [1.165, 1.54) is 17.1 Å². The van der Waals surface area contributed by atoms with Gasteiger partial charge in [0.05, 0.1) is 10.7 Å². The summed E-state index contributed by atoms with van der Waals surface area (Å²) in [5.41, 5.74) is 1.29. The number of aryl methyl sites for hydroxylation is 1. The Labute approximate surface area is 70.7 Å². The molecule has 1 saturated heterocycles. The Morgan fingerprint density at radius 1 is 1.73 bits per heavy atom. The van der Waals surface area contributed by atoms with E-state index in [-0.39, 0.29) is 0 Å². The van der Waals surface area contributed by atoms with Crippen LogP contribution in [0.1, 0.15) is 23.0 Å². The number of nitrogens with one attached hydrogen (secondary N) is 1. The van der Waals surface area contributed by atoms with Crippen LogP contribution in [-0.4, -0.2) is 18.1 Å². The Kier molecular flexibility index (Phi) is 1.92. The van der Waals surface area contributed by atoms with E-state index >= 15 is 0 Å². The van der Waals surface area contributed by atoms with E-state index in [0.717, 1.165) is 13.1 Å². The van der Waals surface area contributed by atoms with Crippen molar-refractivity contribution < 1.29 is 0 Å². The Morgan fingerprint density at radius 2 is 2.64 bits per heavy atom. The van der Waals surface area contributed by atoms with Crippen LogP contribution in [0.15, 0.2) is 5.38 Å². The van der Waals surface area contributed by atoms with E-state index in [1.807, 2.05) is 0 Å². The monoisotopic (exact) mass is 168 g/mol. The molecule has 1 aliphatic rings. The molecule has 0 bridgehead atoms. The number of nitrogens with zero attached hydrogens (tertiary/aromatic N) is 1. The predicted molar refractivity (Wildman–Crippen MR) is 47.1 cm³/mol. The smallest absolute Gasteiger partial charge is 0.0897 e. The van der Waals surface area contributed by atoms with Crippen molar-refractivity contribution in [3.63, 3.8) is 0 Å². The second-order valence-electron chi connectivity index (χ2n) is 2.98. The van der Waals surface area contributed by atoms with Gasteiger partial charge in [0.25, 0.3) is 0 Å². The minimum atomic E-state index is 0.681. The SMILES string of the molecule is Cc1nc([C@@H]2CCNC2)cs1. The molecular weight excluding hydrogens is 156 g/mol. The lowest BCUT2D eigenvalue weighted by Crippen LogP contribution is -2.08. The molecule has 1 N–H and O–H groups in total. The fourth-order valence-corrected chi connectivity index (χ4v) is 2.17. The molecule has 1 fully saturated rings. The summed E-state index contributed by atoms with van der Waals surface area (Å²) < 4.78 is 0. The van der Waals surface area contributed by atoms with Gasteiger partial charge in [-0.05, 0) is 19.9 Å². The molecule has 0 saturated carbocycles. The van der Waals surface area contributed by atoms with Gasteiger partial charge >= 0.3 is 0 Å². The molecule has 11 heavy (non-hydrogen) atoms. The number of hydrogen-bond donors (Lipinski definition) is 1. The van der Waals surface area contributed by atoms with E-state index in [4.69, 9.17) is 0 Å². The van der Waals surface area contributed by atoms with E-state index in [9.17, 15) is 0 Å². The molecule has 2 nitrogen and oxygen atoms in total. The van der Waals surface area contributed by atoms with Gasteiger partial charge in [-0.25, -0.2) is 4.98 Å². The second kappa shape index (κ2) is 2.91. The minimum absolute atomic E-state index is 0.681. The van der Waals surface area contributed by atoms with E-state index in [0.29, 0.717) is 5.92 Å². The molecule has 60 valence electrons. The van der Waals surface area contributed by atoms with E-state index in [1.54, 1.807) is 11.3 Å². The average Bonchev–Trinajstić information content (AvgIpc) is 2.55. The lowest BCUT2D eigenvalue weighted by molar-refractivity contribution is 0.739. The molecule has 1 atom stereocenters. The highest BCUT2D eigenvalue weighted by Gasteiger charge is 2.18. The first-order chi connectivity index (χ1) is 5.36. The number of thiazole rings is 1. The van der Waals surface area contributed by atoms with Crippen molar-refractivity contribution in [2.45, 2.75) is 19.3 Å². The highest BCUT2D eigenvalue weighted by molar-refractivity contribution is 7.09. The summed E-state index contributed by atoms with van der Waals surface area (Å²) >= 11 is 1.75. The van der Waals surface area contributed by atoms with Crippen LogP contribution in [0.5, 0.6) is 0 Å². The summed E-state index contributed by atoms with van der Waals surface area (Å²) in [6.07, 6.45) is 1.25. The average molecular weight is 168 g/mol. The molecule has 0 radical (unpaired) electrons. The van der Waals surface area contributed by atoms with Crippen molar-refractivity contribution in [1.82, 2.24) is 10.3 Å². The summed E-state index contributed by atoms with van der Waals surface area (Å²) in [6, 6.07) is 0. The molecule has 0 aliphatic carbocycles. The number of hydrogen-bond acceptors (Lipinski definition) is 3. The highest BCUT2D eigenvalue weighted by Crippen LogP contribution is 2.23. The summed E-state index contributed by atoms with van der Waals surface area (Å²) in [5, 5.41) is 6.72. The molecule has 1 aliphatic heterocycles. The second-order valence-corrected chi connectivity index (χ2v) is 4.04. The number of aromatic nitrogens is 1. The molecule has 3 heteroatoms. The van der Waals surface area contributed by atoms with Gasteiger partial charge < -0.3 is 5.32 Å². The zero-order valence-corrected chi connectivity index (χ0v) is 7.45. The maximum atomic E-state index is 4.47. The van der Waals surface area contributed by atoms with Crippen molar-refractivity contribution in [1.29, 1.82) is 0 Å². The summed E-state index contributed by atoms with van der Waals surface area (Å²) in [6.45, 7) is 4.33. The molecule has 0 amide bonds. The van der Waals surface area contributed by atoms with Crippen LogP contribution >= 0.6 is 11.3 Å². The topological polar surface area (TPSA) is 24.9 Å². The molecule has 0 aromatic carbocycles. The van der Waals surface area contributed by atoms with Crippen LogP contribution in [0.4, 0.5) is 0 Å². The lowest BCUT2D eigenvalue weighted by Gasteiger charge is -2.01. The molecule has 2 heterocycles. The fraction of sp³-hybridized carbons (Fsp3) is 0.625. The first-order valence-electron chi connectivity index (χ1n) is 3.99. The largest absolute Gasteiger partial charge is 0.316 e. The zero-order valence-electron chi connectivity index (χ0n) is 6.63. The predicted octanol–water partition coefficient (Wildman–Crippen LogP) is 1.53. The lowest BCUT2D eigenvalue weighted by atomic mass is 10.1. The van der Waals surface area contributed by atoms with Gasteiger partial charge in [-0.15, -0.1) is 11.3 Å². The van der Waals surface area contributed by atoms with Gasteiger partial charge in [-0.2, -0.15) is 0 Å². The van der Waals surface area contributed by atoms with Gasteiger partial charge in [-0.3, -0.25) is 0 Å². The molecule has 1 aromatic heterocycles. The molecule has 0 unspecified atom stereocenters. The Morgan fingerprint density at radius 3 is 3.18 bits per heavy atom. The van der Waals surface area contributed by atoms with Gasteiger partial charge in [0, 0.05) is 17.8 Å². The first kappa shape index (κ1) is 7.25. The van der Waals surface area contributed by atoms with Gasteiger partial charge in [0.15, 0.2) is 0 Å². The van der Waals surface area contributed by atoms with E-state index < -0.39 is 0 Å². The van der Waals surface area contributed by atoms with Gasteiger partial charge in [-0.1, -0.05) is 0 Å².